The minimum atomic E-state index is 0.606. The summed E-state index contributed by atoms with van der Waals surface area (Å²) in [6.45, 7) is 0.985. The molecule has 1 aromatic carbocycles. The van der Waals surface area contributed by atoms with Gasteiger partial charge in [0.2, 0.25) is 0 Å². The molecule has 3 nitrogen and oxygen atoms in total. The van der Waals surface area contributed by atoms with Crippen molar-refractivity contribution in [2.24, 2.45) is 5.92 Å². The van der Waals surface area contributed by atoms with Crippen molar-refractivity contribution in [3.8, 4) is 11.5 Å². The van der Waals surface area contributed by atoms with Gasteiger partial charge in [-0.3, -0.25) is 0 Å². The normalized spacial score (nSPS) is 16.2. The molecule has 1 N–H and O–H groups in total. The number of hydrogen-bond acceptors (Lipinski definition) is 3. The highest BCUT2D eigenvalue weighted by molar-refractivity contribution is 6.32. The second-order valence-electron chi connectivity index (χ2n) is 5.07. The fourth-order valence-corrected chi connectivity index (χ4v) is 2.88. The van der Waals surface area contributed by atoms with E-state index in [-0.39, 0.29) is 0 Å². The first-order chi connectivity index (χ1) is 9.24. The van der Waals surface area contributed by atoms with Gasteiger partial charge in [0.25, 0.3) is 0 Å². The summed E-state index contributed by atoms with van der Waals surface area (Å²) in [5.74, 6) is 2.18. The van der Waals surface area contributed by atoms with Crippen molar-refractivity contribution in [2.75, 3.05) is 26.1 Å². The van der Waals surface area contributed by atoms with Crippen molar-refractivity contribution in [1.82, 2.24) is 0 Å². The molecule has 1 fully saturated rings. The minimum Gasteiger partial charge on any atom is -0.495 e. The Morgan fingerprint density at radius 3 is 2.42 bits per heavy atom. The number of rotatable bonds is 5. The topological polar surface area (TPSA) is 30.5 Å². The molecule has 0 bridgehead atoms. The first-order valence-electron chi connectivity index (χ1n) is 6.90. The molecule has 0 radical (unpaired) electrons. The molecule has 0 unspecified atom stereocenters. The summed E-state index contributed by atoms with van der Waals surface area (Å²) in [7, 11) is 3.27. The molecule has 2 rings (SSSR count). The third kappa shape index (κ3) is 3.69. The highest BCUT2D eigenvalue weighted by Crippen LogP contribution is 2.36. The molecule has 0 amide bonds. The summed E-state index contributed by atoms with van der Waals surface area (Å²) in [5.41, 5.74) is 0.943. The van der Waals surface area contributed by atoms with Gasteiger partial charge in [0.05, 0.1) is 24.9 Å². The first-order valence-corrected chi connectivity index (χ1v) is 7.27. The van der Waals surface area contributed by atoms with Crippen LogP contribution in [0, 0.1) is 5.92 Å². The third-order valence-electron chi connectivity index (χ3n) is 3.78. The molecule has 0 heterocycles. The van der Waals surface area contributed by atoms with Gasteiger partial charge in [0.15, 0.2) is 0 Å². The van der Waals surface area contributed by atoms with Gasteiger partial charge in [-0.2, -0.15) is 0 Å². The molecule has 4 heteroatoms. The second kappa shape index (κ2) is 6.90. The Balaban J connectivity index is 2.04. The average molecular weight is 284 g/mol. The Bertz CT molecular complexity index is 417. The van der Waals surface area contributed by atoms with Crippen LogP contribution in [0.5, 0.6) is 11.5 Å². The van der Waals surface area contributed by atoms with E-state index in [1.807, 2.05) is 12.1 Å². The summed E-state index contributed by atoms with van der Waals surface area (Å²) in [5, 5.41) is 4.07. The summed E-state index contributed by atoms with van der Waals surface area (Å²) in [6.07, 6.45) is 6.73. The summed E-state index contributed by atoms with van der Waals surface area (Å²) >= 11 is 6.16. The number of ether oxygens (including phenoxy) is 2. The van der Waals surface area contributed by atoms with E-state index in [0.29, 0.717) is 10.8 Å². The van der Waals surface area contributed by atoms with E-state index >= 15 is 0 Å². The lowest BCUT2D eigenvalue weighted by atomic mass is 9.89. The Labute approximate surface area is 120 Å². The van der Waals surface area contributed by atoms with Crippen LogP contribution in [0.15, 0.2) is 12.1 Å². The molecule has 0 aromatic heterocycles. The molecule has 1 aromatic rings. The van der Waals surface area contributed by atoms with Crippen LogP contribution < -0.4 is 14.8 Å². The van der Waals surface area contributed by atoms with Crippen molar-refractivity contribution in [1.29, 1.82) is 0 Å². The van der Waals surface area contributed by atoms with Crippen molar-refractivity contribution >= 4 is 17.3 Å². The number of benzene rings is 1. The summed E-state index contributed by atoms with van der Waals surface area (Å²) < 4.78 is 10.6. The number of nitrogens with one attached hydrogen (secondary N) is 1. The zero-order valence-corrected chi connectivity index (χ0v) is 12.4. The maximum Gasteiger partial charge on any atom is 0.145 e. The van der Waals surface area contributed by atoms with Gasteiger partial charge in [-0.1, -0.05) is 30.9 Å². The minimum absolute atomic E-state index is 0.606. The third-order valence-corrected chi connectivity index (χ3v) is 4.08. The van der Waals surface area contributed by atoms with Crippen LogP contribution in [0.2, 0.25) is 5.02 Å². The van der Waals surface area contributed by atoms with Crippen LogP contribution in [0.25, 0.3) is 0 Å². The zero-order valence-electron chi connectivity index (χ0n) is 11.7. The predicted octanol–water partition coefficient (Wildman–Crippen LogP) is 4.35. The Hall–Kier alpha value is -1.09. The highest BCUT2D eigenvalue weighted by atomic mass is 35.5. The van der Waals surface area contributed by atoms with Crippen LogP contribution in [0.1, 0.15) is 32.1 Å². The quantitative estimate of drug-likeness (QED) is 0.871. The Morgan fingerprint density at radius 2 is 1.79 bits per heavy atom. The first kappa shape index (κ1) is 14.3. The molecule has 19 heavy (non-hydrogen) atoms. The van der Waals surface area contributed by atoms with E-state index in [4.69, 9.17) is 21.1 Å². The Kier molecular flexibility index (Phi) is 5.20. The maximum absolute atomic E-state index is 6.16. The molecule has 0 aliphatic heterocycles. The fraction of sp³-hybridized carbons (Fsp3) is 0.600. The van der Waals surface area contributed by atoms with Crippen LogP contribution in [-0.2, 0) is 0 Å². The van der Waals surface area contributed by atoms with E-state index in [9.17, 15) is 0 Å². The molecule has 1 aliphatic carbocycles. The Morgan fingerprint density at radius 1 is 1.11 bits per heavy atom. The lowest BCUT2D eigenvalue weighted by Gasteiger charge is -2.23. The van der Waals surface area contributed by atoms with Crippen molar-refractivity contribution in [3.63, 3.8) is 0 Å². The van der Waals surface area contributed by atoms with Crippen molar-refractivity contribution in [2.45, 2.75) is 32.1 Å². The smallest absolute Gasteiger partial charge is 0.145 e. The molecule has 106 valence electrons. The number of anilines is 1. The van der Waals surface area contributed by atoms with Gasteiger partial charge < -0.3 is 14.8 Å². The van der Waals surface area contributed by atoms with Gasteiger partial charge in [0, 0.05) is 12.6 Å². The second-order valence-corrected chi connectivity index (χ2v) is 5.48. The van der Waals surface area contributed by atoms with Gasteiger partial charge in [-0.25, -0.2) is 0 Å². The van der Waals surface area contributed by atoms with Gasteiger partial charge in [-0.15, -0.1) is 0 Å². The van der Waals surface area contributed by atoms with E-state index in [1.54, 1.807) is 14.2 Å². The van der Waals surface area contributed by atoms with Gasteiger partial charge in [0.1, 0.15) is 11.5 Å². The SMILES string of the molecule is COc1cc(OC)c(NCC2CCCCC2)cc1Cl. The van der Waals surface area contributed by atoms with Crippen LogP contribution in [-0.4, -0.2) is 20.8 Å². The number of hydrogen-bond donors (Lipinski definition) is 1. The van der Waals surface area contributed by atoms with E-state index in [2.05, 4.69) is 5.32 Å². The average Bonchev–Trinajstić information content (AvgIpc) is 2.46. The highest BCUT2D eigenvalue weighted by Gasteiger charge is 2.15. The van der Waals surface area contributed by atoms with Crippen LogP contribution >= 0.6 is 11.6 Å². The monoisotopic (exact) mass is 283 g/mol. The number of halogens is 1. The van der Waals surface area contributed by atoms with Crippen LogP contribution in [0.3, 0.4) is 0 Å². The molecule has 0 saturated heterocycles. The molecule has 1 aliphatic rings. The molecule has 0 atom stereocenters. The van der Waals surface area contributed by atoms with Crippen molar-refractivity contribution < 1.29 is 9.47 Å². The molecule has 0 spiro atoms. The predicted molar refractivity (Wildman–Crippen MR) is 79.6 cm³/mol. The lowest BCUT2D eigenvalue weighted by Crippen LogP contribution is -2.17. The van der Waals surface area contributed by atoms with Crippen molar-refractivity contribution in [3.05, 3.63) is 17.2 Å². The maximum atomic E-state index is 6.16. The van der Waals surface area contributed by atoms with E-state index in [1.165, 1.54) is 32.1 Å². The number of methoxy groups -OCH3 is 2. The summed E-state index contributed by atoms with van der Waals surface area (Å²) in [4.78, 5) is 0. The van der Waals surface area contributed by atoms with E-state index < -0.39 is 0 Å². The standard InChI is InChI=1S/C15H22ClNO2/c1-18-14-9-15(19-2)13(8-12(14)16)17-10-11-6-4-3-5-7-11/h8-9,11,17H,3-7,10H2,1-2H3. The van der Waals surface area contributed by atoms with E-state index in [0.717, 1.165) is 23.9 Å². The lowest BCUT2D eigenvalue weighted by molar-refractivity contribution is 0.371. The molecule has 1 saturated carbocycles. The van der Waals surface area contributed by atoms with Crippen LogP contribution in [0.4, 0.5) is 5.69 Å². The van der Waals surface area contributed by atoms with Gasteiger partial charge >= 0.3 is 0 Å². The zero-order chi connectivity index (χ0) is 13.7. The summed E-state index contributed by atoms with van der Waals surface area (Å²) in [6, 6.07) is 3.70. The molecular formula is C15H22ClNO2. The largest absolute Gasteiger partial charge is 0.495 e. The van der Waals surface area contributed by atoms with Gasteiger partial charge in [-0.05, 0) is 24.8 Å². The fourth-order valence-electron chi connectivity index (χ4n) is 2.64. The molecular weight excluding hydrogens is 262 g/mol.